The average molecular weight is 356 g/mol. The summed E-state index contributed by atoms with van der Waals surface area (Å²) in [7, 11) is 0. The number of phenolic OH excluding ortho intramolecular Hbond substituents is 1. The standard InChI is InChI=1S/C15H15Cl2N3OS/c16-11-5-10(14(21)12(17)6-11)7-18-20-15(22)19-13-4-8-1-2-9(13)3-8/h1-2,5-9,13,21H,3-4H2,(H2,19,20,22)/b18-7-/t8-,9+,13-/m1/s1. The van der Waals surface area contributed by atoms with E-state index in [2.05, 4.69) is 28.0 Å². The zero-order valence-electron chi connectivity index (χ0n) is 11.6. The lowest BCUT2D eigenvalue weighted by Crippen LogP contribution is -2.42. The Morgan fingerprint density at radius 1 is 1.32 bits per heavy atom. The molecule has 7 heteroatoms. The summed E-state index contributed by atoms with van der Waals surface area (Å²) in [6, 6.07) is 3.42. The lowest BCUT2D eigenvalue weighted by atomic mass is 10.0. The van der Waals surface area contributed by atoms with Crippen LogP contribution in [-0.2, 0) is 0 Å². The van der Waals surface area contributed by atoms with Gasteiger partial charge in [-0.05, 0) is 49.0 Å². The molecule has 3 atom stereocenters. The van der Waals surface area contributed by atoms with Crippen LogP contribution in [0.25, 0.3) is 0 Å². The van der Waals surface area contributed by atoms with Gasteiger partial charge in [0, 0.05) is 16.6 Å². The average Bonchev–Trinajstić information content (AvgIpc) is 3.06. The van der Waals surface area contributed by atoms with Crippen LogP contribution in [0, 0.1) is 11.8 Å². The Balaban J connectivity index is 1.56. The van der Waals surface area contributed by atoms with E-state index in [0.29, 0.717) is 33.6 Å². The largest absolute Gasteiger partial charge is 0.506 e. The molecule has 4 nitrogen and oxygen atoms in total. The van der Waals surface area contributed by atoms with Gasteiger partial charge >= 0.3 is 0 Å². The highest BCUT2D eigenvalue weighted by Crippen LogP contribution is 2.38. The quantitative estimate of drug-likeness (QED) is 0.336. The van der Waals surface area contributed by atoms with Gasteiger partial charge in [0.2, 0.25) is 0 Å². The molecule has 2 aliphatic rings. The van der Waals surface area contributed by atoms with Gasteiger partial charge in [-0.3, -0.25) is 5.43 Å². The number of thiocarbonyl (C=S) groups is 1. The monoisotopic (exact) mass is 355 g/mol. The van der Waals surface area contributed by atoms with Gasteiger partial charge in [-0.25, -0.2) is 0 Å². The number of allylic oxidation sites excluding steroid dienone is 1. The number of benzene rings is 1. The topological polar surface area (TPSA) is 56.7 Å². The second-order valence-electron chi connectivity index (χ2n) is 5.56. The van der Waals surface area contributed by atoms with E-state index in [1.54, 1.807) is 6.07 Å². The van der Waals surface area contributed by atoms with Crippen molar-refractivity contribution in [2.75, 3.05) is 0 Å². The first-order valence-electron chi connectivity index (χ1n) is 6.99. The third-order valence-electron chi connectivity index (χ3n) is 4.02. The molecule has 0 amide bonds. The molecule has 1 aromatic carbocycles. The molecule has 2 bridgehead atoms. The lowest BCUT2D eigenvalue weighted by Gasteiger charge is -2.20. The van der Waals surface area contributed by atoms with E-state index in [0.717, 1.165) is 6.42 Å². The number of phenols is 1. The molecule has 3 N–H and O–H groups in total. The van der Waals surface area contributed by atoms with Crippen molar-refractivity contribution in [1.82, 2.24) is 10.7 Å². The van der Waals surface area contributed by atoms with Crippen molar-refractivity contribution in [3.05, 3.63) is 39.9 Å². The summed E-state index contributed by atoms with van der Waals surface area (Å²) >= 11 is 17.0. The first-order valence-corrected chi connectivity index (χ1v) is 8.15. The van der Waals surface area contributed by atoms with Gasteiger partial charge in [0.1, 0.15) is 5.75 Å². The Morgan fingerprint density at radius 2 is 2.14 bits per heavy atom. The van der Waals surface area contributed by atoms with Crippen LogP contribution in [0.4, 0.5) is 0 Å². The maximum atomic E-state index is 9.82. The number of halogens is 2. The van der Waals surface area contributed by atoms with E-state index < -0.39 is 0 Å². The molecule has 0 heterocycles. The van der Waals surface area contributed by atoms with Gasteiger partial charge in [0.05, 0.1) is 11.2 Å². The Labute approximate surface area is 144 Å². The summed E-state index contributed by atoms with van der Waals surface area (Å²) < 4.78 is 0. The summed E-state index contributed by atoms with van der Waals surface area (Å²) in [4.78, 5) is 0. The summed E-state index contributed by atoms with van der Waals surface area (Å²) in [5.74, 6) is 1.18. The number of rotatable bonds is 3. The molecule has 1 aromatic rings. The van der Waals surface area contributed by atoms with E-state index in [-0.39, 0.29) is 10.8 Å². The van der Waals surface area contributed by atoms with Crippen LogP contribution < -0.4 is 10.7 Å². The molecular weight excluding hydrogens is 341 g/mol. The summed E-state index contributed by atoms with van der Waals surface area (Å²) in [6.07, 6.45) is 8.28. The minimum absolute atomic E-state index is 0.0614. The number of fused-ring (bicyclic) bond motifs is 2. The highest BCUT2D eigenvalue weighted by Gasteiger charge is 2.35. The highest BCUT2D eigenvalue weighted by atomic mass is 35.5. The van der Waals surface area contributed by atoms with E-state index in [9.17, 15) is 5.11 Å². The van der Waals surface area contributed by atoms with Gasteiger partial charge in [-0.1, -0.05) is 35.4 Å². The fourth-order valence-corrected chi connectivity index (χ4v) is 3.71. The predicted molar refractivity (Wildman–Crippen MR) is 93.7 cm³/mol. The summed E-state index contributed by atoms with van der Waals surface area (Å²) in [6.45, 7) is 0. The minimum Gasteiger partial charge on any atom is -0.506 e. The van der Waals surface area contributed by atoms with Crippen LogP contribution in [0.1, 0.15) is 18.4 Å². The Hall–Kier alpha value is -1.30. The zero-order chi connectivity index (χ0) is 15.7. The van der Waals surface area contributed by atoms with Crippen molar-refractivity contribution in [3.63, 3.8) is 0 Å². The molecule has 1 fully saturated rings. The maximum absolute atomic E-state index is 9.82. The summed E-state index contributed by atoms with van der Waals surface area (Å²) in [5.41, 5.74) is 3.18. The first kappa shape index (κ1) is 15.6. The molecule has 0 aromatic heterocycles. The molecule has 22 heavy (non-hydrogen) atoms. The minimum atomic E-state index is -0.0614. The number of aromatic hydroxyl groups is 1. The molecular formula is C15H15Cl2N3OS. The molecule has 0 unspecified atom stereocenters. The molecule has 1 saturated carbocycles. The van der Waals surface area contributed by atoms with Crippen molar-refractivity contribution < 1.29 is 5.11 Å². The predicted octanol–water partition coefficient (Wildman–Crippen LogP) is 3.46. The van der Waals surface area contributed by atoms with Gasteiger partial charge in [0.15, 0.2) is 5.11 Å². The Bertz CT molecular complexity index is 662. The number of nitrogens with zero attached hydrogens (tertiary/aromatic N) is 1. The second-order valence-corrected chi connectivity index (χ2v) is 6.81. The first-order chi connectivity index (χ1) is 10.5. The van der Waals surface area contributed by atoms with Crippen molar-refractivity contribution >= 4 is 46.7 Å². The summed E-state index contributed by atoms with van der Waals surface area (Å²) in [5, 5.41) is 18.2. The van der Waals surface area contributed by atoms with Crippen LogP contribution in [0.2, 0.25) is 10.0 Å². The molecule has 3 rings (SSSR count). The van der Waals surface area contributed by atoms with Crippen molar-refractivity contribution in [2.45, 2.75) is 18.9 Å². The van der Waals surface area contributed by atoms with Gasteiger partial charge in [-0.2, -0.15) is 5.10 Å². The SMILES string of the molecule is Oc1c(Cl)cc(Cl)cc1/C=N\NC(=S)N[C@@H]1C[C@@H]2C=C[C@H]1C2. The molecule has 0 spiro atoms. The fraction of sp³-hybridized carbons (Fsp3) is 0.333. The molecule has 0 saturated heterocycles. The lowest BCUT2D eigenvalue weighted by molar-refractivity contribution is 0.474. The number of hydrogen-bond acceptors (Lipinski definition) is 3. The van der Waals surface area contributed by atoms with Crippen LogP contribution in [0.3, 0.4) is 0 Å². The highest BCUT2D eigenvalue weighted by molar-refractivity contribution is 7.80. The van der Waals surface area contributed by atoms with E-state index >= 15 is 0 Å². The third-order valence-corrected chi connectivity index (χ3v) is 4.74. The van der Waals surface area contributed by atoms with Crippen molar-refractivity contribution in [3.8, 4) is 5.75 Å². The van der Waals surface area contributed by atoms with Crippen LogP contribution >= 0.6 is 35.4 Å². The van der Waals surface area contributed by atoms with Crippen LogP contribution in [0.15, 0.2) is 29.4 Å². The van der Waals surface area contributed by atoms with E-state index in [1.165, 1.54) is 18.7 Å². The normalized spacial score (nSPS) is 25.8. The maximum Gasteiger partial charge on any atom is 0.187 e. The fourth-order valence-electron chi connectivity index (χ4n) is 2.99. The number of hydrogen-bond donors (Lipinski definition) is 3. The smallest absolute Gasteiger partial charge is 0.187 e. The second kappa shape index (κ2) is 6.44. The molecule has 0 aliphatic heterocycles. The Morgan fingerprint density at radius 3 is 2.82 bits per heavy atom. The zero-order valence-corrected chi connectivity index (χ0v) is 13.9. The number of hydrazone groups is 1. The Kier molecular flexibility index (Phi) is 4.57. The van der Waals surface area contributed by atoms with Gasteiger partial charge < -0.3 is 10.4 Å². The van der Waals surface area contributed by atoms with Gasteiger partial charge in [-0.15, -0.1) is 0 Å². The van der Waals surface area contributed by atoms with Crippen LogP contribution in [0.5, 0.6) is 5.75 Å². The molecule has 0 radical (unpaired) electrons. The molecule has 2 aliphatic carbocycles. The van der Waals surface area contributed by atoms with E-state index in [4.69, 9.17) is 35.4 Å². The van der Waals surface area contributed by atoms with Crippen molar-refractivity contribution in [2.24, 2.45) is 16.9 Å². The van der Waals surface area contributed by atoms with Gasteiger partial charge in [0.25, 0.3) is 0 Å². The van der Waals surface area contributed by atoms with E-state index in [1.807, 2.05) is 0 Å². The van der Waals surface area contributed by atoms with Crippen LogP contribution in [-0.4, -0.2) is 22.5 Å². The van der Waals surface area contributed by atoms with Crippen molar-refractivity contribution in [1.29, 1.82) is 0 Å². The third kappa shape index (κ3) is 3.37. The molecule has 116 valence electrons. The number of nitrogens with one attached hydrogen (secondary N) is 2.